The number of rotatable bonds is 6. The van der Waals surface area contributed by atoms with Gasteiger partial charge in [-0.2, -0.15) is 0 Å². The average molecular weight is 292 g/mol. The Balaban J connectivity index is 1.63. The van der Waals surface area contributed by atoms with Crippen LogP contribution >= 0.6 is 0 Å². The molecule has 114 valence electrons. The minimum atomic E-state index is -0.243. The number of nitrogens with one attached hydrogen (secondary N) is 3. The maximum Gasteiger partial charge on any atom is 0.223 e. The first-order chi connectivity index (χ1) is 10.2. The summed E-state index contributed by atoms with van der Waals surface area (Å²) in [4.78, 5) is 15.5. The van der Waals surface area contributed by atoms with Gasteiger partial charge in [-0.3, -0.25) is 9.79 Å². The van der Waals surface area contributed by atoms with Gasteiger partial charge in [0, 0.05) is 32.6 Å². The van der Waals surface area contributed by atoms with Crippen LogP contribution in [-0.4, -0.2) is 32.0 Å². The molecular weight excluding hydrogens is 271 g/mol. The van der Waals surface area contributed by atoms with E-state index in [9.17, 15) is 9.18 Å². The van der Waals surface area contributed by atoms with Crippen molar-refractivity contribution in [3.05, 3.63) is 35.6 Å². The molecule has 1 fully saturated rings. The van der Waals surface area contributed by atoms with Crippen LogP contribution in [0.5, 0.6) is 0 Å². The minimum Gasteiger partial charge on any atom is -0.355 e. The van der Waals surface area contributed by atoms with Gasteiger partial charge in [0.2, 0.25) is 5.91 Å². The van der Waals surface area contributed by atoms with Crippen molar-refractivity contribution >= 4 is 11.9 Å². The number of hydrogen-bond donors (Lipinski definition) is 3. The van der Waals surface area contributed by atoms with Crippen LogP contribution in [0.15, 0.2) is 29.3 Å². The summed E-state index contributed by atoms with van der Waals surface area (Å²) in [5.41, 5.74) is 0.974. The SMILES string of the molecule is CN=C(NCCNC(=O)C1CC1)NCc1ccc(F)cc1. The first kappa shape index (κ1) is 15.3. The Hall–Kier alpha value is -2.11. The van der Waals surface area contributed by atoms with Gasteiger partial charge >= 0.3 is 0 Å². The van der Waals surface area contributed by atoms with Gasteiger partial charge < -0.3 is 16.0 Å². The summed E-state index contributed by atoms with van der Waals surface area (Å²) in [6, 6.07) is 6.32. The van der Waals surface area contributed by atoms with Gasteiger partial charge in [0.25, 0.3) is 0 Å². The quantitative estimate of drug-likeness (QED) is 0.417. The molecule has 1 aromatic rings. The highest BCUT2D eigenvalue weighted by molar-refractivity contribution is 5.81. The smallest absolute Gasteiger partial charge is 0.223 e. The third-order valence-corrected chi connectivity index (χ3v) is 3.26. The number of carbonyl (C=O) groups is 1. The van der Waals surface area contributed by atoms with Crippen LogP contribution in [0.1, 0.15) is 18.4 Å². The molecule has 0 saturated heterocycles. The van der Waals surface area contributed by atoms with Crippen molar-refractivity contribution in [2.45, 2.75) is 19.4 Å². The van der Waals surface area contributed by atoms with E-state index in [0.717, 1.165) is 18.4 Å². The standard InChI is InChI=1S/C15H21FN4O/c1-17-15(19-9-8-18-14(21)12-4-5-12)20-10-11-2-6-13(16)7-3-11/h2-3,6-7,12H,4-5,8-10H2,1H3,(H,18,21)(H2,17,19,20). The highest BCUT2D eigenvalue weighted by Gasteiger charge is 2.28. The van der Waals surface area contributed by atoms with Gasteiger partial charge in [0.1, 0.15) is 5.82 Å². The first-order valence-electron chi connectivity index (χ1n) is 7.15. The summed E-state index contributed by atoms with van der Waals surface area (Å²) in [5.74, 6) is 0.791. The van der Waals surface area contributed by atoms with E-state index in [-0.39, 0.29) is 17.6 Å². The first-order valence-corrected chi connectivity index (χ1v) is 7.15. The Morgan fingerprint density at radius 2 is 1.86 bits per heavy atom. The predicted octanol–water partition coefficient (Wildman–Crippen LogP) is 1.02. The highest BCUT2D eigenvalue weighted by Crippen LogP contribution is 2.28. The number of guanidine groups is 1. The lowest BCUT2D eigenvalue weighted by molar-refractivity contribution is -0.122. The fraction of sp³-hybridized carbons (Fsp3) is 0.467. The summed E-state index contributed by atoms with van der Waals surface area (Å²) in [5, 5.41) is 9.13. The topological polar surface area (TPSA) is 65.5 Å². The molecule has 0 aliphatic heterocycles. The molecule has 5 nitrogen and oxygen atoms in total. The lowest BCUT2D eigenvalue weighted by atomic mass is 10.2. The number of nitrogens with zero attached hydrogens (tertiary/aromatic N) is 1. The number of halogens is 1. The predicted molar refractivity (Wildman–Crippen MR) is 80.3 cm³/mol. The lowest BCUT2D eigenvalue weighted by Gasteiger charge is -2.12. The zero-order valence-electron chi connectivity index (χ0n) is 12.2. The van der Waals surface area contributed by atoms with Crippen molar-refractivity contribution in [3.63, 3.8) is 0 Å². The fourth-order valence-electron chi connectivity index (χ4n) is 1.87. The molecule has 0 radical (unpaired) electrons. The van der Waals surface area contributed by atoms with E-state index in [1.165, 1.54) is 12.1 Å². The largest absolute Gasteiger partial charge is 0.355 e. The van der Waals surface area contributed by atoms with Gasteiger partial charge in [-0.25, -0.2) is 4.39 Å². The Kier molecular flexibility index (Phi) is 5.54. The zero-order chi connectivity index (χ0) is 15.1. The van der Waals surface area contributed by atoms with Crippen molar-refractivity contribution in [2.75, 3.05) is 20.1 Å². The third-order valence-electron chi connectivity index (χ3n) is 3.26. The van der Waals surface area contributed by atoms with Crippen LogP contribution in [0.4, 0.5) is 4.39 Å². The molecule has 0 atom stereocenters. The van der Waals surface area contributed by atoms with E-state index >= 15 is 0 Å². The van der Waals surface area contributed by atoms with E-state index in [1.807, 2.05) is 0 Å². The molecular formula is C15H21FN4O. The molecule has 0 aromatic heterocycles. The number of benzene rings is 1. The molecule has 1 saturated carbocycles. The van der Waals surface area contributed by atoms with Gasteiger partial charge in [0.15, 0.2) is 5.96 Å². The van der Waals surface area contributed by atoms with Crippen molar-refractivity contribution in [3.8, 4) is 0 Å². The van der Waals surface area contributed by atoms with Crippen LogP contribution in [0.2, 0.25) is 0 Å². The molecule has 1 aromatic carbocycles. The number of aliphatic imine (C=N–C) groups is 1. The van der Waals surface area contributed by atoms with E-state index in [1.54, 1.807) is 19.2 Å². The second kappa shape index (κ2) is 7.61. The van der Waals surface area contributed by atoms with E-state index in [4.69, 9.17) is 0 Å². The van der Waals surface area contributed by atoms with Gasteiger partial charge in [-0.1, -0.05) is 12.1 Å². The summed E-state index contributed by atoms with van der Waals surface area (Å²) in [6.07, 6.45) is 2.03. The second-order valence-corrected chi connectivity index (χ2v) is 5.04. The molecule has 6 heteroatoms. The van der Waals surface area contributed by atoms with Crippen molar-refractivity contribution in [1.82, 2.24) is 16.0 Å². The molecule has 0 bridgehead atoms. The Labute approximate surface area is 124 Å². The normalized spacial score (nSPS) is 14.7. The van der Waals surface area contributed by atoms with Crippen LogP contribution in [0, 0.1) is 11.7 Å². The second-order valence-electron chi connectivity index (χ2n) is 5.04. The maximum atomic E-state index is 12.8. The van der Waals surface area contributed by atoms with Crippen LogP contribution in [-0.2, 0) is 11.3 Å². The summed E-state index contributed by atoms with van der Waals surface area (Å²) in [6.45, 7) is 1.75. The van der Waals surface area contributed by atoms with Gasteiger partial charge in [-0.15, -0.1) is 0 Å². The van der Waals surface area contributed by atoms with E-state index < -0.39 is 0 Å². The van der Waals surface area contributed by atoms with Gasteiger partial charge in [-0.05, 0) is 30.5 Å². The van der Waals surface area contributed by atoms with Crippen LogP contribution in [0.25, 0.3) is 0 Å². The van der Waals surface area contributed by atoms with Crippen molar-refractivity contribution < 1.29 is 9.18 Å². The molecule has 1 aliphatic rings. The Morgan fingerprint density at radius 1 is 1.19 bits per heavy atom. The molecule has 0 unspecified atom stereocenters. The monoisotopic (exact) mass is 292 g/mol. The summed E-state index contributed by atoms with van der Waals surface area (Å²) < 4.78 is 12.8. The van der Waals surface area contributed by atoms with E-state index in [0.29, 0.717) is 25.6 Å². The lowest BCUT2D eigenvalue weighted by Crippen LogP contribution is -2.41. The molecule has 1 amide bonds. The number of hydrogen-bond acceptors (Lipinski definition) is 2. The molecule has 21 heavy (non-hydrogen) atoms. The number of amides is 1. The zero-order valence-corrected chi connectivity index (χ0v) is 12.2. The fourth-order valence-corrected chi connectivity index (χ4v) is 1.87. The van der Waals surface area contributed by atoms with Crippen molar-refractivity contribution in [1.29, 1.82) is 0 Å². The Morgan fingerprint density at radius 3 is 2.48 bits per heavy atom. The van der Waals surface area contributed by atoms with E-state index in [2.05, 4.69) is 20.9 Å². The maximum absolute atomic E-state index is 12.8. The van der Waals surface area contributed by atoms with Crippen molar-refractivity contribution in [2.24, 2.45) is 10.9 Å². The molecule has 0 spiro atoms. The third kappa shape index (κ3) is 5.41. The summed E-state index contributed by atoms with van der Waals surface area (Å²) >= 11 is 0. The molecule has 2 rings (SSSR count). The van der Waals surface area contributed by atoms with Crippen LogP contribution < -0.4 is 16.0 Å². The number of carbonyl (C=O) groups excluding carboxylic acids is 1. The summed E-state index contributed by atoms with van der Waals surface area (Å²) in [7, 11) is 1.68. The molecule has 1 aliphatic carbocycles. The van der Waals surface area contributed by atoms with Gasteiger partial charge in [0.05, 0.1) is 0 Å². The Bertz CT molecular complexity index is 497. The molecule has 3 N–H and O–H groups in total. The minimum absolute atomic E-state index is 0.144. The molecule has 0 heterocycles. The van der Waals surface area contributed by atoms with Crippen LogP contribution in [0.3, 0.4) is 0 Å². The highest BCUT2D eigenvalue weighted by atomic mass is 19.1. The average Bonchev–Trinajstić information content (AvgIpc) is 3.33.